The number of fused-ring (bicyclic) bond motifs is 1. The van der Waals surface area contributed by atoms with E-state index < -0.39 is 11.1 Å². The van der Waals surface area contributed by atoms with Crippen LogP contribution in [0.4, 0.5) is 4.79 Å². The molecule has 1 aliphatic heterocycles. The summed E-state index contributed by atoms with van der Waals surface area (Å²) in [4.78, 5) is 36.7. The van der Waals surface area contributed by atoms with Crippen LogP contribution < -0.4 is 10.1 Å². The molecule has 220 valence electrons. The molecule has 0 spiro atoms. The zero-order chi connectivity index (χ0) is 29.9. The number of nitrogens with zero attached hydrogens (tertiary/aromatic N) is 3. The number of likely N-dealkylation sites (tertiary alicyclic amines) is 1. The fourth-order valence-electron chi connectivity index (χ4n) is 5.19. The summed E-state index contributed by atoms with van der Waals surface area (Å²) >= 11 is 5.13. The number of aromatic nitrogens is 4. The number of benzene rings is 2. The highest BCUT2D eigenvalue weighted by atomic mass is 32.1. The van der Waals surface area contributed by atoms with Crippen molar-refractivity contribution in [3.05, 3.63) is 82.0 Å². The third kappa shape index (κ3) is 7.14. The summed E-state index contributed by atoms with van der Waals surface area (Å²) in [5, 5.41) is 10.1. The van der Waals surface area contributed by atoms with Gasteiger partial charge in [-0.3, -0.25) is 20.0 Å². The van der Waals surface area contributed by atoms with Crippen molar-refractivity contribution >= 4 is 35.1 Å². The van der Waals surface area contributed by atoms with Crippen molar-refractivity contribution < 1.29 is 19.1 Å². The average Bonchev–Trinajstić information content (AvgIpc) is 3.35. The summed E-state index contributed by atoms with van der Waals surface area (Å²) in [6, 6.07) is 17.1. The third-order valence-electron chi connectivity index (χ3n) is 7.25. The largest absolute Gasteiger partial charge is 0.489 e. The lowest BCUT2D eigenvalue weighted by Gasteiger charge is -2.42. The first-order chi connectivity index (χ1) is 20.0. The molecule has 0 atom stereocenters. The van der Waals surface area contributed by atoms with E-state index in [4.69, 9.17) is 21.7 Å². The Hall–Kier alpha value is -4.25. The molecular formula is C31H36N6O4S. The van der Waals surface area contributed by atoms with E-state index in [1.54, 1.807) is 29.2 Å². The van der Waals surface area contributed by atoms with Gasteiger partial charge >= 0.3 is 6.09 Å². The standard InChI is InChI=1S/C31H36N6O4S/c1-20-17-22(24-7-5-6-8-25(24)32-20)19-40-23-11-9-21(10-12-23)27(38)34-31(18-26-33-28(42)36-35-26)13-15-37(16-14-31)29(39)41-30(2,3)4/h5-12,17H,13-16,18-19H2,1-4H3,(H,34,38)(H2,33,35,36,42). The number of H-pyrrole nitrogens is 2. The molecule has 4 aromatic rings. The van der Waals surface area contributed by atoms with E-state index in [1.807, 2.05) is 58.0 Å². The minimum Gasteiger partial charge on any atom is -0.489 e. The molecule has 2 amide bonds. The number of rotatable bonds is 7. The van der Waals surface area contributed by atoms with Crippen molar-refractivity contribution in [3.63, 3.8) is 0 Å². The van der Waals surface area contributed by atoms with Crippen molar-refractivity contribution in [3.8, 4) is 5.75 Å². The molecule has 0 unspecified atom stereocenters. The number of carbonyl (C=O) groups is 2. The van der Waals surface area contributed by atoms with Gasteiger partial charge < -0.3 is 19.7 Å². The van der Waals surface area contributed by atoms with Crippen LogP contribution >= 0.6 is 12.2 Å². The molecule has 1 aliphatic rings. The highest BCUT2D eigenvalue weighted by Gasteiger charge is 2.39. The van der Waals surface area contributed by atoms with Crippen LogP contribution in [0.1, 0.15) is 61.1 Å². The number of pyridine rings is 1. The summed E-state index contributed by atoms with van der Waals surface area (Å²) in [7, 11) is 0. The van der Waals surface area contributed by atoms with Crippen LogP contribution in [0.3, 0.4) is 0 Å². The van der Waals surface area contributed by atoms with Crippen molar-refractivity contribution in [2.75, 3.05) is 13.1 Å². The maximum atomic E-state index is 13.5. The molecule has 0 radical (unpaired) electrons. The normalized spacial score (nSPS) is 14.9. The summed E-state index contributed by atoms with van der Waals surface area (Å²) < 4.78 is 12.0. The fourth-order valence-corrected chi connectivity index (χ4v) is 5.35. The number of para-hydroxylation sites is 1. The lowest BCUT2D eigenvalue weighted by Crippen LogP contribution is -2.57. The maximum Gasteiger partial charge on any atom is 0.410 e. The SMILES string of the molecule is Cc1cc(COc2ccc(C(=O)NC3(Cc4nc(=S)[nH][nH]4)CCN(C(=O)OC(C)(C)C)CC3)cc2)c2ccccc2n1. The maximum absolute atomic E-state index is 13.5. The van der Waals surface area contributed by atoms with Gasteiger partial charge in [0.05, 0.1) is 11.1 Å². The van der Waals surface area contributed by atoms with Gasteiger partial charge in [-0.2, -0.15) is 0 Å². The minimum atomic E-state index is -0.626. The second-order valence-electron chi connectivity index (χ2n) is 11.7. The van der Waals surface area contributed by atoms with Gasteiger partial charge in [0.1, 0.15) is 23.8 Å². The Morgan fingerprint density at radius 2 is 1.76 bits per heavy atom. The van der Waals surface area contributed by atoms with Gasteiger partial charge in [0, 0.05) is 41.7 Å². The van der Waals surface area contributed by atoms with E-state index in [0.717, 1.165) is 22.2 Å². The van der Waals surface area contributed by atoms with E-state index in [9.17, 15) is 9.59 Å². The molecule has 0 saturated carbocycles. The molecule has 42 heavy (non-hydrogen) atoms. The van der Waals surface area contributed by atoms with Gasteiger partial charge in [0.15, 0.2) is 0 Å². The average molecular weight is 589 g/mol. The number of carbonyl (C=O) groups excluding carboxylic acids is 2. The fraction of sp³-hybridized carbons (Fsp3) is 0.387. The summed E-state index contributed by atoms with van der Waals surface area (Å²) in [5.41, 5.74) is 2.23. The molecule has 3 N–H and O–H groups in total. The molecular weight excluding hydrogens is 552 g/mol. The van der Waals surface area contributed by atoms with Crippen LogP contribution in [0, 0.1) is 11.7 Å². The molecule has 2 aromatic carbocycles. The number of hydrogen-bond donors (Lipinski definition) is 3. The Balaban J connectivity index is 1.26. The quantitative estimate of drug-likeness (QED) is 0.239. The molecule has 1 fully saturated rings. The van der Waals surface area contributed by atoms with Gasteiger partial charge in [-0.25, -0.2) is 9.78 Å². The first kappa shape index (κ1) is 29.2. The third-order valence-corrected chi connectivity index (χ3v) is 7.44. The Morgan fingerprint density at radius 1 is 1.05 bits per heavy atom. The van der Waals surface area contributed by atoms with Gasteiger partial charge in [-0.1, -0.05) is 18.2 Å². The first-order valence-electron chi connectivity index (χ1n) is 14.0. The van der Waals surface area contributed by atoms with Crippen LogP contribution in [-0.2, 0) is 17.8 Å². The summed E-state index contributed by atoms with van der Waals surface area (Å²) in [6.45, 7) is 8.77. The Morgan fingerprint density at radius 3 is 2.43 bits per heavy atom. The highest BCUT2D eigenvalue weighted by molar-refractivity contribution is 7.71. The number of aryl methyl sites for hydroxylation is 1. The smallest absolute Gasteiger partial charge is 0.410 e. The Kier molecular flexibility index (Phi) is 8.31. The van der Waals surface area contributed by atoms with Crippen LogP contribution in [0.15, 0.2) is 54.6 Å². The van der Waals surface area contributed by atoms with Crippen LogP contribution in [0.2, 0.25) is 0 Å². The number of nitrogens with one attached hydrogen (secondary N) is 3. The zero-order valence-electron chi connectivity index (χ0n) is 24.3. The number of piperidine rings is 1. The van der Waals surface area contributed by atoms with Crippen LogP contribution in [-0.4, -0.2) is 61.3 Å². The topological polar surface area (TPSA) is 125 Å². The van der Waals surface area contributed by atoms with E-state index >= 15 is 0 Å². The predicted octanol–water partition coefficient (Wildman–Crippen LogP) is 5.65. The van der Waals surface area contributed by atoms with E-state index in [1.165, 1.54) is 0 Å². The van der Waals surface area contributed by atoms with Gasteiger partial charge in [-0.15, -0.1) is 0 Å². The zero-order valence-corrected chi connectivity index (χ0v) is 25.1. The number of amides is 2. The van der Waals surface area contributed by atoms with Gasteiger partial charge in [0.2, 0.25) is 4.77 Å². The van der Waals surface area contributed by atoms with Crippen molar-refractivity contribution in [2.45, 2.75) is 64.7 Å². The predicted molar refractivity (Wildman–Crippen MR) is 162 cm³/mol. The van der Waals surface area contributed by atoms with Gasteiger partial charge in [0.25, 0.3) is 5.91 Å². The van der Waals surface area contributed by atoms with Crippen LogP contribution in [0.5, 0.6) is 5.75 Å². The number of hydrogen-bond acceptors (Lipinski definition) is 7. The molecule has 3 heterocycles. The van der Waals surface area contributed by atoms with E-state index in [-0.39, 0.29) is 12.0 Å². The molecule has 1 saturated heterocycles. The van der Waals surface area contributed by atoms with Crippen molar-refractivity contribution in [2.24, 2.45) is 0 Å². The Bertz CT molecular complexity index is 1630. The molecule has 0 bridgehead atoms. The molecule has 10 nitrogen and oxygen atoms in total. The summed E-state index contributed by atoms with van der Waals surface area (Å²) in [6.07, 6.45) is 1.15. The lowest BCUT2D eigenvalue weighted by atomic mass is 9.83. The highest BCUT2D eigenvalue weighted by Crippen LogP contribution is 2.28. The molecule has 11 heteroatoms. The monoisotopic (exact) mass is 588 g/mol. The minimum absolute atomic E-state index is 0.211. The first-order valence-corrected chi connectivity index (χ1v) is 14.4. The number of aromatic amines is 2. The second-order valence-corrected chi connectivity index (χ2v) is 12.1. The molecule has 2 aromatic heterocycles. The van der Waals surface area contributed by atoms with Crippen molar-refractivity contribution in [1.82, 2.24) is 30.4 Å². The molecule has 5 rings (SSSR count). The van der Waals surface area contributed by atoms with Gasteiger partial charge in [-0.05, 0) is 89.2 Å². The second kappa shape index (κ2) is 11.9. The number of ether oxygens (including phenoxy) is 2. The summed E-state index contributed by atoms with van der Waals surface area (Å²) in [5.74, 6) is 1.10. The van der Waals surface area contributed by atoms with E-state index in [2.05, 4.69) is 25.5 Å². The lowest BCUT2D eigenvalue weighted by molar-refractivity contribution is 0.0148. The van der Waals surface area contributed by atoms with Crippen molar-refractivity contribution in [1.29, 1.82) is 0 Å². The molecule has 0 aliphatic carbocycles. The Labute approximate surface area is 249 Å². The van der Waals surface area contributed by atoms with Crippen LogP contribution in [0.25, 0.3) is 10.9 Å². The van der Waals surface area contributed by atoms with E-state index in [0.29, 0.717) is 60.9 Å².